The van der Waals surface area contributed by atoms with E-state index in [1.54, 1.807) is 0 Å². The van der Waals surface area contributed by atoms with Gasteiger partial charge in [-0.3, -0.25) is 0 Å². The van der Waals surface area contributed by atoms with Crippen LogP contribution in [0.15, 0.2) is 24.3 Å². The Kier molecular flexibility index (Phi) is 8.20. The van der Waals surface area contributed by atoms with Gasteiger partial charge in [0.25, 0.3) is 0 Å². The molecule has 0 rings (SSSR count). The second-order valence-electron chi connectivity index (χ2n) is 3.34. The molecule has 0 heterocycles. The maximum Gasteiger partial charge on any atom is -0.0261 e. The molecule has 0 aliphatic carbocycles. The number of allylic oxidation sites excluding steroid dienone is 4. The van der Waals surface area contributed by atoms with E-state index in [4.69, 9.17) is 0 Å². The Morgan fingerprint density at radius 1 is 1.17 bits per heavy atom. The van der Waals surface area contributed by atoms with E-state index in [0.717, 1.165) is 5.92 Å². The highest BCUT2D eigenvalue weighted by Crippen LogP contribution is 2.02. The summed E-state index contributed by atoms with van der Waals surface area (Å²) in [6.45, 7) is 6.69. The average Bonchev–Trinajstić information content (AvgIpc) is 2.10. The molecule has 0 fully saturated rings. The lowest BCUT2D eigenvalue weighted by molar-refractivity contribution is 0.698. The van der Waals surface area contributed by atoms with Crippen molar-refractivity contribution in [1.82, 2.24) is 0 Å². The van der Waals surface area contributed by atoms with Crippen molar-refractivity contribution in [2.75, 3.05) is 0 Å². The number of hydrogen-bond acceptors (Lipinski definition) is 0. The van der Waals surface area contributed by atoms with Crippen LogP contribution < -0.4 is 0 Å². The maximum atomic E-state index is 2.27. The molecule has 0 bridgehead atoms. The summed E-state index contributed by atoms with van der Waals surface area (Å²) in [5, 5.41) is 0. The van der Waals surface area contributed by atoms with Crippen LogP contribution in [0, 0.1) is 5.92 Å². The normalized spacial score (nSPS) is 14.6. The van der Waals surface area contributed by atoms with Crippen LogP contribution in [0.5, 0.6) is 0 Å². The Bertz CT molecular complexity index is 131. The molecule has 0 saturated carbocycles. The van der Waals surface area contributed by atoms with Crippen LogP contribution >= 0.6 is 0 Å². The highest BCUT2D eigenvalue weighted by molar-refractivity contribution is 5.03. The van der Waals surface area contributed by atoms with Crippen molar-refractivity contribution >= 4 is 0 Å². The average molecular weight is 166 g/mol. The number of hydrogen-bond donors (Lipinski definition) is 0. The van der Waals surface area contributed by atoms with Gasteiger partial charge in [0, 0.05) is 0 Å². The molecular formula is C12H22. The Hall–Kier alpha value is -0.520. The van der Waals surface area contributed by atoms with Gasteiger partial charge in [-0.25, -0.2) is 0 Å². The minimum atomic E-state index is 0.723. The molecular weight excluding hydrogens is 144 g/mol. The molecule has 0 aromatic heterocycles. The van der Waals surface area contributed by atoms with Crippen molar-refractivity contribution < 1.29 is 0 Å². The molecule has 0 N–H and O–H groups in total. The fourth-order valence-electron chi connectivity index (χ4n) is 0.887. The van der Waals surface area contributed by atoms with Crippen LogP contribution in [-0.4, -0.2) is 0 Å². The van der Waals surface area contributed by atoms with E-state index in [0.29, 0.717) is 0 Å². The third-order valence-electron chi connectivity index (χ3n) is 2.06. The standard InChI is InChI=1S/C12H22/c1-4-6-7-8-9-10-11-12(3)5-2/h8-12H,4-7H2,1-3H3. The predicted molar refractivity (Wildman–Crippen MR) is 57.3 cm³/mol. The zero-order valence-electron chi connectivity index (χ0n) is 8.72. The van der Waals surface area contributed by atoms with Crippen LogP contribution in [0.2, 0.25) is 0 Å². The van der Waals surface area contributed by atoms with E-state index >= 15 is 0 Å². The molecule has 0 spiro atoms. The Morgan fingerprint density at radius 2 is 1.92 bits per heavy atom. The summed E-state index contributed by atoms with van der Waals surface area (Å²) in [6, 6.07) is 0. The summed E-state index contributed by atoms with van der Waals surface area (Å²) in [5.74, 6) is 0.723. The molecule has 0 amide bonds. The zero-order chi connectivity index (χ0) is 9.23. The van der Waals surface area contributed by atoms with Crippen molar-refractivity contribution in [3.05, 3.63) is 24.3 Å². The van der Waals surface area contributed by atoms with Crippen molar-refractivity contribution in [2.24, 2.45) is 5.92 Å². The van der Waals surface area contributed by atoms with Gasteiger partial charge in [-0.1, -0.05) is 64.3 Å². The van der Waals surface area contributed by atoms with Crippen LogP contribution in [0.25, 0.3) is 0 Å². The summed E-state index contributed by atoms with van der Waals surface area (Å²) < 4.78 is 0. The summed E-state index contributed by atoms with van der Waals surface area (Å²) in [7, 11) is 0. The number of unbranched alkanes of at least 4 members (excludes halogenated alkanes) is 2. The quantitative estimate of drug-likeness (QED) is 0.407. The van der Waals surface area contributed by atoms with E-state index in [9.17, 15) is 0 Å². The monoisotopic (exact) mass is 166 g/mol. The summed E-state index contributed by atoms with van der Waals surface area (Å²) in [6.07, 6.45) is 13.9. The molecule has 12 heavy (non-hydrogen) atoms. The van der Waals surface area contributed by atoms with E-state index in [1.807, 2.05) is 0 Å². The SMILES string of the molecule is CCCCC=CC=CC(C)CC. The van der Waals surface area contributed by atoms with Gasteiger partial charge in [-0.2, -0.15) is 0 Å². The zero-order valence-corrected chi connectivity index (χ0v) is 8.72. The first-order valence-corrected chi connectivity index (χ1v) is 5.14. The van der Waals surface area contributed by atoms with Gasteiger partial charge in [0.1, 0.15) is 0 Å². The second kappa shape index (κ2) is 8.58. The fourth-order valence-corrected chi connectivity index (χ4v) is 0.887. The van der Waals surface area contributed by atoms with E-state index in [2.05, 4.69) is 45.1 Å². The van der Waals surface area contributed by atoms with E-state index in [1.165, 1.54) is 25.7 Å². The molecule has 0 nitrogen and oxygen atoms in total. The third kappa shape index (κ3) is 7.59. The van der Waals surface area contributed by atoms with Gasteiger partial charge in [0.15, 0.2) is 0 Å². The largest absolute Gasteiger partial charge is 0.0845 e. The topological polar surface area (TPSA) is 0 Å². The molecule has 0 radical (unpaired) electrons. The van der Waals surface area contributed by atoms with Crippen LogP contribution in [0.1, 0.15) is 46.5 Å². The smallest absolute Gasteiger partial charge is 0.0261 e. The maximum absolute atomic E-state index is 2.27. The van der Waals surface area contributed by atoms with Crippen LogP contribution in [0.4, 0.5) is 0 Å². The summed E-state index contributed by atoms with van der Waals surface area (Å²) in [4.78, 5) is 0. The first-order valence-electron chi connectivity index (χ1n) is 5.14. The first-order chi connectivity index (χ1) is 5.81. The molecule has 0 heteroatoms. The van der Waals surface area contributed by atoms with Crippen molar-refractivity contribution in [2.45, 2.75) is 46.5 Å². The molecule has 0 aromatic rings. The summed E-state index contributed by atoms with van der Waals surface area (Å²) >= 11 is 0. The minimum Gasteiger partial charge on any atom is -0.0845 e. The van der Waals surface area contributed by atoms with Crippen LogP contribution in [0.3, 0.4) is 0 Å². The molecule has 0 aliphatic rings. The Balaban J connectivity index is 3.38. The third-order valence-corrected chi connectivity index (χ3v) is 2.06. The lowest BCUT2D eigenvalue weighted by atomic mass is 10.1. The Labute approximate surface area is 77.4 Å². The van der Waals surface area contributed by atoms with Crippen molar-refractivity contribution in [3.63, 3.8) is 0 Å². The first kappa shape index (κ1) is 11.5. The molecule has 1 unspecified atom stereocenters. The second-order valence-corrected chi connectivity index (χ2v) is 3.34. The molecule has 0 aromatic carbocycles. The molecule has 0 saturated heterocycles. The molecule has 1 atom stereocenters. The summed E-state index contributed by atoms with van der Waals surface area (Å²) in [5.41, 5.74) is 0. The minimum absolute atomic E-state index is 0.723. The highest BCUT2D eigenvalue weighted by Gasteiger charge is 1.87. The number of rotatable bonds is 6. The van der Waals surface area contributed by atoms with Crippen molar-refractivity contribution in [3.8, 4) is 0 Å². The fraction of sp³-hybridized carbons (Fsp3) is 0.667. The van der Waals surface area contributed by atoms with Gasteiger partial charge in [0.2, 0.25) is 0 Å². The highest BCUT2D eigenvalue weighted by atomic mass is 13.9. The lowest BCUT2D eigenvalue weighted by Crippen LogP contribution is -1.82. The molecule has 0 aliphatic heterocycles. The molecule has 70 valence electrons. The van der Waals surface area contributed by atoms with E-state index in [-0.39, 0.29) is 0 Å². The predicted octanol–water partition coefficient (Wildman–Crippen LogP) is 4.34. The van der Waals surface area contributed by atoms with Crippen LogP contribution in [-0.2, 0) is 0 Å². The van der Waals surface area contributed by atoms with Gasteiger partial charge < -0.3 is 0 Å². The van der Waals surface area contributed by atoms with Gasteiger partial charge in [-0.15, -0.1) is 0 Å². The van der Waals surface area contributed by atoms with Gasteiger partial charge in [-0.05, 0) is 12.3 Å². The van der Waals surface area contributed by atoms with Gasteiger partial charge in [0.05, 0.1) is 0 Å². The Morgan fingerprint density at radius 3 is 2.50 bits per heavy atom. The van der Waals surface area contributed by atoms with Gasteiger partial charge >= 0.3 is 0 Å². The lowest BCUT2D eigenvalue weighted by Gasteiger charge is -1.96. The van der Waals surface area contributed by atoms with E-state index < -0.39 is 0 Å². The van der Waals surface area contributed by atoms with Crippen molar-refractivity contribution in [1.29, 1.82) is 0 Å².